The van der Waals surface area contributed by atoms with E-state index in [4.69, 9.17) is 11.6 Å². The second-order valence-corrected chi connectivity index (χ2v) is 9.02. The van der Waals surface area contributed by atoms with E-state index in [1.807, 2.05) is 30.3 Å². The third-order valence-electron chi connectivity index (χ3n) is 4.86. The molecule has 0 fully saturated rings. The van der Waals surface area contributed by atoms with Crippen LogP contribution < -0.4 is 4.72 Å². The van der Waals surface area contributed by atoms with Gasteiger partial charge in [0.05, 0.1) is 16.3 Å². The van der Waals surface area contributed by atoms with E-state index in [0.29, 0.717) is 18.7 Å². The molecule has 3 aromatic rings. The molecule has 0 amide bonds. The molecule has 0 atom stereocenters. The lowest BCUT2D eigenvalue weighted by Gasteiger charge is -2.18. The summed E-state index contributed by atoms with van der Waals surface area (Å²) in [7, 11) is -4.20. The molecule has 0 aliphatic carbocycles. The summed E-state index contributed by atoms with van der Waals surface area (Å²) >= 11 is 5.86. The molecule has 9 heteroatoms. The fourth-order valence-electron chi connectivity index (χ4n) is 3.42. The van der Waals surface area contributed by atoms with Crippen LogP contribution in [0.1, 0.15) is 22.3 Å². The molecule has 4 rings (SSSR count). The van der Waals surface area contributed by atoms with Crippen LogP contribution in [0.4, 0.5) is 18.9 Å². The summed E-state index contributed by atoms with van der Waals surface area (Å²) < 4.78 is 66.4. The first-order valence-corrected chi connectivity index (χ1v) is 11.1. The van der Waals surface area contributed by atoms with Gasteiger partial charge in [-0.25, -0.2) is 8.42 Å². The zero-order valence-corrected chi connectivity index (χ0v) is 17.5. The van der Waals surface area contributed by atoms with Crippen molar-refractivity contribution in [3.05, 3.63) is 94.0 Å². The zero-order chi connectivity index (χ0) is 22.2. The van der Waals surface area contributed by atoms with E-state index in [1.165, 1.54) is 0 Å². The van der Waals surface area contributed by atoms with Gasteiger partial charge in [-0.2, -0.15) is 13.2 Å². The number of nitrogens with zero attached hydrogens (tertiary/aromatic N) is 1. The summed E-state index contributed by atoms with van der Waals surface area (Å²) in [6, 6.07) is 16.7. The van der Waals surface area contributed by atoms with Gasteiger partial charge in [-0.05, 0) is 42.3 Å². The predicted octanol–water partition coefficient (Wildman–Crippen LogP) is 5.55. The topological polar surface area (TPSA) is 58.5 Å². The SMILES string of the molecule is O=S(=O)(Nc1cccc(C2=NCCc3ccccc32)c1)c1ccc(C(F)(F)F)cc1Cl. The number of alkyl halides is 3. The van der Waals surface area contributed by atoms with Gasteiger partial charge in [0, 0.05) is 23.4 Å². The Bertz CT molecular complexity index is 1290. The molecule has 1 aliphatic heterocycles. The first-order chi connectivity index (χ1) is 14.6. The summed E-state index contributed by atoms with van der Waals surface area (Å²) in [4.78, 5) is 4.16. The second-order valence-electron chi connectivity index (χ2n) is 6.97. The Balaban J connectivity index is 1.65. The molecule has 1 aliphatic rings. The summed E-state index contributed by atoms with van der Waals surface area (Å²) in [5, 5.41) is -0.510. The molecule has 0 spiro atoms. The molecular formula is C22H16ClF3N2O2S. The van der Waals surface area contributed by atoms with Crippen LogP contribution in [0.15, 0.2) is 76.6 Å². The monoisotopic (exact) mass is 464 g/mol. The number of hydrogen-bond acceptors (Lipinski definition) is 3. The Morgan fingerprint density at radius 1 is 0.968 bits per heavy atom. The minimum absolute atomic E-state index is 0.249. The smallest absolute Gasteiger partial charge is 0.284 e. The molecule has 0 aromatic heterocycles. The van der Waals surface area contributed by atoms with Gasteiger partial charge in [-0.15, -0.1) is 0 Å². The second kappa shape index (κ2) is 8.01. The quantitative estimate of drug-likeness (QED) is 0.550. The molecule has 0 unspecified atom stereocenters. The molecule has 160 valence electrons. The van der Waals surface area contributed by atoms with Crippen molar-refractivity contribution < 1.29 is 21.6 Å². The molecule has 0 radical (unpaired) electrons. The average molecular weight is 465 g/mol. The fraction of sp³-hybridized carbons (Fsp3) is 0.136. The molecule has 4 nitrogen and oxygen atoms in total. The minimum Gasteiger partial charge on any atom is -0.284 e. The van der Waals surface area contributed by atoms with Crippen LogP contribution in [0.3, 0.4) is 0 Å². The zero-order valence-electron chi connectivity index (χ0n) is 15.9. The number of halogens is 4. The lowest BCUT2D eigenvalue weighted by molar-refractivity contribution is -0.137. The molecule has 0 bridgehead atoms. The van der Waals surface area contributed by atoms with Crippen LogP contribution >= 0.6 is 11.6 Å². The molecule has 1 heterocycles. The third kappa shape index (κ3) is 4.45. The Morgan fingerprint density at radius 2 is 1.74 bits per heavy atom. The van der Waals surface area contributed by atoms with Gasteiger partial charge in [0.2, 0.25) is 0 Å². The molecular weight excluding hydrogens is 449 g/mol. The highest BCUT2D eigenvalue weighted by Gasteiger charge is 2.32. The van der Waals surface area contributed by atoms with Crippen molar-refractivity contribution in [2.24, 2.45) is 4.99 Å². The highest BCUT2D eigenvalue weighted by atomic mass is 35.5. The van der Waals surface area contributed by atoms with Crippen LogP contribution in [0.5, 0.6) is 0 Å². The maximum Gasteiger partial charge on any atom is 0.416 e. The number of nitrogens with one attached hydrogen (secondary N) is 1. The lowest BCUT2D eigenvalue weighted by atomic mass is 9.93. The molecule has 1 N–H and O–H groups in total. The number of sulfonamides is 1. The van der Waals surface area contributed by atoms with Gasteiger partial charge >= 0.3 is 6.18 Å². The molecule has 31 heavy (non-hydrogen) atoms. The number of rotatable bonds is 4. The number of anilines is 1. The first kappa shape index (κ1) is 21.4. The normalized spacial score (nSPS) is 14.0. The van der Waals surface area contributed by atoms with Gasteiger partial charge in [0.1, 0.15) is 4.90 Å². The largest absolute Gasteiger partial charge is 0.416 e. The first-order valence-electron chi connectivity index (χ1n) is 9.28. The number of aliphatic imine (C=N–C) groups is 1. The molecule has 0 saturated heterocycles. The Morgan fingerprint density at radius 3 is 2.48 bits per heavy atom. The number of benzene rings is 3. The maximum atomic E-state index is 12.8. The molecule has 0 saturated carbocycles. The van der Waals surface area contributed by atoms with Crippen LogP contribution in [0, 0.1) is 0 Å². The van der Waals surface area contributed by atoms with Crippen molar-refractivity contribution in [1.29, 1.82) is 0 Å². The van der Waals surface area contributed by atoms with Crippen LogP contribution in [0.25, 0.3) is 0 Å². The Kier molecular flexibility index (Phi) is 5.53. The minimum atomic E-state index is -4.62. The highest BCUT2D eigenvalue weighted by Crippen LogP contribution is 2.34. The van der Waals surface area contributed by atoms with Crippen molar-refractivity contribution in [2.75, 3.05) is 11.3 Å². The van der Waals surface area contributed by atoms with Crippen LogP contribution in [-0.4, -0.2) is 20.7 Å². The summed E-state index contributed by atoms with van der Waals surface area (Å²) in [6.07, 6.45) is -3.79. The average Bonchev–Trinajstić information content (AvgIpc) is 2.72. The Hall–Kier alpha value is -2.84. The van der Waals surface area contributed by atoms with Crippen molar-refractivity contribution in [2.45, 2.75) is 17.5 Å². The Labute approximate surface area is 182 Å². The third-order valence-corrected chi connectivity index (χ3v) is 6.72. The van der Waals surface area contributed by atoms with Gasteiger partial charge in [-0.1, -0.05) is 48.0 Å². The van der Waals surface area contributed by atoms with Crippen molar-refractivity contribution in [3.8, 4) is 0 Å². The number of fused-ring (bicyclic) bond motifs is 1. The summed E-state index contributed by atoms with van der Waals surface area (Å²) in [6.45, 7) is 0.628. The van der Waals surface area contributed by atoms with Gasteiger partial charge in [0.15, 0.2) is 0 Å². The van der Waals surface area contributed by atoms with Gasteiger partial charge in [-0.3, -0.25) is 9.71 Å². The van der Waals surface area contributed by atoms with E-state index in [-0.39, 0.29) is 5.69 Å². The van der Waals surface area contributed by atoms with Crippen molar-refractivity contribution in [3.63, 3.8) is 0 Å². The standard InChI is InChI=1S/C22H16ClF3N2O2S/c23-19-13-16(22(24,25)26)8-9-20(19)31(29,30)28-17-6-3-5-15(12-17)21-18-7-2-1-4-14(18)10-11-27-21/h1-9,12-13,28H,10-11H2. The van der Waals surface area contributed by atoms with E-state index >= 15 is 0 Å². The van der Waals surface area contributed by atoms with Crippen LogP contribution in [0.2, 0.25) is 5.02 Å². The highest BCUT2D eigenvalue weighted by molar-refractivity contribution is 7.92. The maximum absolute atomic E-state index is 12.8. The number of hydrogen-bond donors (Lipinski definition) is 1. The van der Waals surface area contributed by atoms with E-state index in [9.17, 15) is 21.6 Å². The predicted molar refractivity (Wildman–Crippen MR) is 114 cm³/mol. The summed E-state index contributed by atoms with van der Waals surface area (Å²) in [5.74, 6) is 0. The van der Waals surface area contributed by atoms with Crippen LogP contribution in [-0.2, 0) is 22.6 Å². The van der Waals surface area contributed by atoms with Gasteiger partial charge in [0.25, 0.3) is 10.0 Å². The van der Waals surface area contributed by atoms with E-state index in [1.54, 1.807) is 18.2 Å². The molecule has 3 aromatic carbocycles. The van der Waals surface area contributed by atoms with E-state index in [0.717, 1.165) is 34.9 Å². The summed E-state index contributed by atoms with van der Waals surface area (Å²) in [5.41, 5.74) is 2.86. The van der Waals surface area contributed by atoms with E-state index < -0.39 is 31.7 Å². The van der Waals surface area contributed by atoms with E-state index in [2.05, 4.69) is 9.71 Å². The van der Waals surface area contributed by atoms with Crippen molar-refractivity contribution >= 4 is 33.0 Å². The lowest BCUT2D eigenvalue weighted by Crippen LogP contribution is -2.16. The fourth-order valence-corrected chi connectivity index (χ4v) is 5.02. The van der Waals surface area contributed by atoms with Gasteiger partial charge < -0.3 is 0 Å². The van der Waals surface area contributed by atoms with Crippen molar-refractivity contribution in [1.82, 2.24) is 0 Å².